The molecule has 150 valence electrons. The fourth-order valence-electron chi connectivity index (χ4n) is 4.27. The molecule has 1 aliphatic carbocycles. The van der Waals surface area contributed by atoms with E-state index in [9.17, 15) is 9.18 Å². The van der Waals surface area contributed by atoms with Crippen molar-refractivity contribution in [2.75, 3.05) is 5.32 Å². The van der Waals surface area contributed by atoms with Crippen molar-refractivity contribution < 1.29 is 9.18 Å². The SMILES string of the molecule is NC1=NC(CC(=O)c2ccccc2)c2nc(Nc3cccc4c3CCC4)c(F)cc21. The molecule has 0 bridgehead atoms. The number of anilines is 2. The predicted molar refractivity (Wildman–Crippen MR) is 115 cm³/mol. The number of rotatable bonds is 5. The largest absolute Gasteiger partial charge is 0.383 e. The number of aromatic nitrogens is 1. The highest BCUT2D eigenvalue weighted by atomic mass is 19.1. The number of nitrogens with one attached hydrogen (secondary N) is 1. The molecule has 5 nitrogen and oxygen atoms in total. The summed E-state index contributed by atoms with van der Waals surface area (Å²) >= 11 is 0. The standard InChI is InChI=1S/C24H21FN4O/c25-18-12-17-22(20(27-23(17)26)13-21(30)15-6-2-1-3-7-15)29-24(18)28-19-11-5-9-14-8-4-10-16(14)19/h1-3,5-7,9,11-12,20H,4,8,10,13H2,(H2,26,27)(H,28,29). The summed E-state index contributed by atoms with van der Waals surface area (Å²) in [4.78, 5) is 21.6. The van der Waals surface area contributed by atoms with Crippen molar-refractivity contribution >= 4 is 23.1 Å². The van der Waals surface area contributed by atoms with Crippen molar-refractivity contribution in [3.63, 3.8) is 0 Å². The number of aliphatic imine (C=N–C) groups is 1. The minimum absolute atomic E-state index is 0.0495. The molecule has 0 radical (unpaired) electrons. The Bertz CT molecular complexity index is 1170. The van der Waals surface area contributed by atoms with Crippen LogP contribution in [0.15, 0.2) is 59.6 Å². The topological polar surface area (TPSA) is 80.4 Å². The summed E-state index contributed by atoms with van der Waals surface area (Å²) in [5.74, 6) is -0.186. The third kappa shape index (κ3) is 3.24. The van der Waals surface area contributed by atoms with Gasteiger partial charge in [0, 0.05) is 23.2 Å². The summed E-state index contributed by atoms with van der Waals surface area (Å²) in [6, 6.07) is 15.9. The number of Topliss-reactive ketones (excluding diaryl/α,β-unsaturated/α-hetero) is 1. The Balaban J connectivity index is 1.45. The number of amidine groups is 1. The Kier molecular flexibility index (Phi) is 4.54. The van der Waals surface area contributed by atoms with Gasteiger partial charge in [-0.25, -0.2) is 9.37 Å². The zero-order valence-electron chi connectivity index (χ0n) is 16.4. The molecular formula is C24H21FN4O. The molecule has 3 N–H and O–H groups in total. The lowest BCUT2D eigenvalue weighted by Crippen LogP contribution is -2.12. The average Bonchev–Trinajstić information content (AvgIpc) is 3.35. The molecule has 2 aliphatic rings. The van der Waals surface area contributed by atoms with Crippen LogP contribution in [0.5, 0.6) is 0 Å². The molecule has 0 amide bonds. The van der Waals surface area contributed by atoms with E-state index in [4.69, 9.17) is 5.73 Å². The summed E-state index contributed by atoms with van der Waals surface area (Å²) in [6.45, 7) is 0. The first-order valence-corrected chi connectivity index (χ1v) is 10.1. The fraction of sp³-hybridized carbons (Fsp3) is 0.208. The minimum Gasteiger partial charge on any atom is -0.383 e. The molecule has 5 rings (SSSR count). The van der Waals surface area contributed by atoms with Crippen LogP contribution >= 0.6 is 0 Å². The van der Waals surface area contributed by atoms with Crippen LogP contribution < -0.4 is 11.1 Å². The van der Waals surface area contributed by atoms with Crippen LogP contribution in [0.2, 0.25) is 0 Å². The number of halogens is 1. The summed E-state index contributed by atoms with van der Waals surface area (Å²) < 4.78 is 14.8. The zero-order chi connectivity index (χ0) is 20.7. The Hall–Kier alpha value is -3.54. The maximum absolute atomic E-state index is 14.8. The molecule has 2 aromatic carbocycles. The second-order valence-corrected chi connectivity index (χ2v) is 7.70. The maximum atomic E-state index is 14.8. The van der Waals surface area contributed by atoms with Crippen molar-refractivity contribution in [2.24, 2.45) is 10.7 Å². The van der Waals surface area contributed by atoms with E-state index in [0.717, 1.165) is 24.9 Å². The molecule has 0 saturated carbocycles. The quantitative estimate of drug-likeness (QED) is 0.619. The van der Waals surface area contributed by atoms with Crippen molar-refractivity contribution in [1.29, 1.82) is 0 Å². The Morgan fingerprint density at radius 2 is 1.97 bits per heavy atom. The number of hydrogen-bond acceptors (Lipinski definition) is 5. The monoisotopic (exact) mass is 400 g/mol. The van der Waals surface area contributed by atoms with Crippen LogP contribution in [-0.4, -0.2) is 16.6 Å². The minimum atomic E-state index is -0.518. The van der Waals surface area contributed by atoms with Gasteiger partial charge < -0.3 is 11.1 Å². The molecule has 30 heavy (non-hydrogen) atoms. The highest BCUT2D eigenvalue weighted by Crippen LogP contribution is 2.35. The van der Waals surface area contributed by atoms with E-state index in [0.29, 0.717) is 16.8 Å². The summed E-state index contributed by atoms with van der Waals surface area (Å²) in [5, 5.41) is 3.16. The average molecular weight is 400 g/mol. The molecule has 3 aromatic rings. The van der Waals surface area contributed by atoms with E-state index in [1.54, 1.807) is 12.1 Å². The van der Waals surface area contributed by atoms with E-state index in [1.165, 1.54) is 17.2 Å². The van der Waals surface area contributed by atoms with E-state index < -0.39 is 11.9 Å². The molecule has 6 heteroatoms. The van der Waals surface area contributed by atoms with Gasteiger partial charge in [0.2, 0.25) is 0 Å². The van der Waals surface area contributed by atoms with Crippen molar-refractivity contribution in [2.45, 2.75) is 31.7 Å². The number of nitrogens with zero attached hydrogens (tertiary/aromatic N) is 2. The van der Waals surface area contributed by atoms with Crippen molar-refractivity contribution in [3.05, 3.63) is 88.4 Å². The molecule has 0 fully saturated rings. The van der Waals surface area contributed by atoms with E-state index in [2.05, 4.69) is 21.4 Å². The first kappa shape index (κ1) is 18.5. The summed E-state index contributed by atoms with van der Waals surface area (Å²) in [5.41, 5.74) is 11.0. The molecule has 1 unspecified atom stereocenters. The van der Waals surface area contributed by atoms with E-state index in [-0.39, 0.29) is 23.9 Å². The highest BCUT2D eigenvalue weighted by Gasteiger charge is 2.30. The molecule has 1 aliphatic heterocycles. The molecule has 0 saturated heterocycles. The number of benzene rings is 2. The van der Waals surface area contributed by atoms with Gasteiger partial charge in [-0.1, -0.05) is 42.5 Å². The first-order chi connectivity index (χ1) is 14.6. The van der Waals surface area contributed by atoms with Gasteiger partial charge in [0.05, 0.1) is 5.69 Å². The van der Waals surface area contributed by atoms with Crippen molar-refractivity contribution in [3.8, 4) is 0 Å². The number of hydrogen-bond donors (Lipinski definition) is 2. The number of pyridine rings is 1. The predicted octanol–water partition coefficient (Wildman–Crippen LogP) is 4.49. The van der Waals surface area contributed by atoms with Crippen LogP contribution in [-0.2, 0) is 12.8 Å². The second kappa shape index (κ2) is 7.37. The molecular weight excluding hydrogens is 379 g/mol. The highest BCUT2D eigenvalue weighted by molar-refractivity contribution is 6.03. The van der Waals surface area contributed by atoms with Gasteiger partial charge >= 0.3 is 0 Å². The van der Waals surface area contributed by atoms with Crippen LogP contribution in [0.25, 0.3) is 0 Å². The van der Waals surface area contributed by atoms with Gasteiger partial charge in [-0.2, -0.15) is 0 Å². The smallest absolute Gasteiger partial charge is 0.167 e. The third-order valence-electron chi connectivity index (χ3n) is 5.77. The van der Waals surface area contributed by atoms with Gasteiger partial charge in [0.15, 0.2) is 17.4 Å². The Morgan fingerprint density at radius 1 is 1.13 bits per heavy atom. The van der Waals surface area contributed by atoms with Crippen molar-refractivity contribution in [1.82, 2.24) is 4.98 Å². The van der Waals surface area contributed by atoms with Crippen LogP contribution in [0.3, 0.4) is 0 Å². The van der Waals surface area contributed by atoms with E-state index in [1.807, 2.05) is 30.3 Å². The van der Waals surface area contributed by atoms with Gasteiger partial charge in [-0.05, 0) is 42.5 Å². The molecule has 1 aromatic heterocycles. The number of carbonyl (C=O) groups is 1. The van der Waals surface area contributed by atoms with Gasteiger partial charge in [0.1, 0.15) is 11.9 Å². The number of ketones is 1. The number of aryl methyl sites for hydroxylation is 1. The summed E-state index contributed by atoms with van der Waals surface area (Å²) in [6.07, 6.45) is 3.24. The van der Waals surface area contributed by atoms with E-state index >= 15 is 0 Å². The Labute approximate surface area is 173 Å². The van der Waals surface area contributed by atoms with Gasteiger partial charge in [0.25, 0.3) is 0 Å². The second-order valence-electron chi connectivity index (χ2n) is 7.70. The normalized spacial score (nSPS) is 16.7. The fourth-order valence-corrected chi connectivity index (χ4v) is 4.27. The van der Waals surface area contributed by atoms with Crippen LogP contribution in [0, 0.1) is 5.82 Å². The first-order valence-electron chi connectivity index (χ1n) is 10.1. The number of nitrogens with two attached hydrogens (primary N) is 1. The molecule has 1 atom stereocenters. The van der Waals surface area contributed by atoms with Gasteiger partial charge in [-0.15, -0.1) is 0 Å². The van der Waals surface area contributed by atoms with Crippen LogP contribution in [0.4, 0.5) is 15.9 Å². The number of carbonyl (C=O) groups excluding carboxylic acids is 1. The number of fused-ring (bicyclic) bond motifs is 2. The Morgan fingerprint density at radius 3 is 2.80 bits per heavy atom. The molecule has 2 heterocycles. The molecule has 0 spiro atoms. The van der Waals surface area contributed by atoms with Gasteiger partial charge in [-0.3, -0.25) is 9.79 Å². The summed E-state index contributed by atoms with van der Waals surface area (Å²) in [7, 11) is 0. The lowest BCUT2D eigenvalue weighted by Gasteiger charge is -2.14. The van der Waals surface area contributed by atoms with Crippen LogP contribution in [0.1, 0.15) is 51.6 Å². The zero-order valence-corrected chi connectivity index (χ0v) is 16.4. The maximum Gasteiger partial charge on any atom is 0.167 e. The lowest BCUT2D eigenvalue weighted by atomic mass is 10.0. The third-order valence-corrected chi connectivity index (χ3v) is 5.77. The lowest BCUT2D eigenvalue weighted by molar-refractivity contribution is 0.0974.